The molecule has 88 valence electrons. The van der Waals surface area contributed by atoms with Gasteiger partial charge in [0.2, 0.25) is 0 Å². The average molecular weight is 311 g/mol. The van der Waals surface area contributed by atoms with E-state index >= 15 is 0 Å². The highest BCUT2D eigenvalue weighted by Gasteiger charge is 2.09. The van der Waals surface area contributed by atoms with Gasteiger partial charge in [0.1, 0.15) is 0 Å². The SMILES string of the molecule is CC(Nc1ccccc1Br)c1ccccc1Cl. The van der Waals surface area contributed by atoms with E-state index in [9.17, 15) is 0 Å². The van der Waals surface area contributed by atoms with Gasteiger partial charge in [-0.15, -0.1) is 0 Å². The number of hydrogen-bond acceptors (Lipinski definition) is 1. The van der Waals surface area contributed by atoms with Crippen LogP contribution in [0.15, 0.2) is 53.0 Å². The Bertz CT molecular complexity index is 513. The molecule has 0 aliphatic rings. The zero-order chi connectivity index (χ0) is 12.3. The first kappa shape index (κ1) is 12.5. The van der Waals surface area contributed by atoms with E-state index in [-0.39, 0.29) is 6.04 Å². The molecule has 1 nitrogen and oxygen atoms in total. The number of anilines is 1. The van der Waals surface area contributed by atoms with Gasteiger partial charge in [-0.05, 0) is 46.6 Å². The fourth-order valence-corrected chi connectivity index (χ4v) is 2.41. The molecule has 3 heteroatoms. The Morgan fingerprint density at radius 3 is 2.41 bits per heavy atom. The van der Waals surface area contributed by atoms with Gasteiger partial charge in [-0.1, -0.05) is 41.9 Å². The molecule has 0 aliphatic carbocycles. The third-order valence-corrected chi connectivity index (χ3v) is 3.65. The lowest BCUT2D eigenvalue weighted by atomic mass is 10.1. The number of hydrogen-bond donors (Lipinski definition) is 1. The normalized spacial score (nSPS) is 12.2. The van der Waals surface area contributed by atoms with Crippen molar-refractivity contribution < 1.29 is 0 Å². The van der Waals surface area contributed by atoms with E-state index in [0.29, 0.717) is 0 Å². The lowest BCUT2D eigenvalue weighted by Crippen LogP contribution is -2.07. The largest absolute Gasteiger partial charge is 0.378 e. The standard InChI is InChI=1S/C14H13BrClN/c1-10(11-6-2-4-8-13(11)16)17-14-9-5-3-7-12(14)15/h2-10,17H,1H3. The second-order valence-corrected chi connectivity index (χ2v) is 5.13. The van der Waals surface area contributed by atoms with Crippen molar-refractivity contribution in [2.24, 2.45) is 0 Å². The maximum absolute atomic E-state index is 6.17. The topological polar surface area (TPSA) is 12.0 Å². The summed E-state index contributed by atoms with van der Waals surface area (Å²) in [7, 11) is 0. The predicted octanol–water partition coefficient (Wildman–Crippen LogP) is 5.28. The third-order valence-electron chi connectivity index (χ3n) is 2.62. The van der Waals surface area contributed by atoms with E-state index in [4.69, 9.17) is 11.6 Å². The van der Waals surface area contributed by atoms with E-state index in [2.05, 4.69) is 28.2 Å². The minimum Gasteiger partial charge on any atom is -0.378 e. The average Bonchev–Trinajstić information content (AvgIpc) is 2.32. The van der Waals surface area contributed by atoms with Crippen molar-refractivity contribution in [2.75, 3.05) is 5.32 Å². The van der Waals surface area contributed by atoms with Crippen molar-refractivity contribution in [3.05, 3.63) is 63.6 Å². The Balaban J connectivity index is 2.20. The first-order valence-electron chi connectivity index (χ1n) is 5.44. The fourth-order valence-electron chi connectivity index (χ4n) is 1.72. The van der Waals surface area contributed by atoms with Crippen LogP contribution in [0.4, 0.5) is 5.69 Å². The fraction of sp³-hybridized carbons (Fsp3) is 0.143. The molecule has 1 atom stereocenters. The van der Waals surface area contributed by atoms with Crippen LogP contribution in [0.3, 0.4) is 0 Å². The van der Waals surface area contributed by atoms with E-state index in [0.717, 1.165) is 20.7 Å². The maximum Gasteiger partial charge on any atom is 0.0500 e. The summed E-state index contributed by atoms with van der Waals surface area (Å²) in [4.78, 5) is 0. The molecule has 0 amide bonds. The number of halogens is 2. The summed E-state index contributed by atoms with van der Waals surface area (Å²) in [5, 5.41) is 4.23. The second kappa shape index (κ2) is 5.56. The number of benzene rings is 2. The molecule has 0 saturated carbocycles. The zero-order valence-corrected chi connectivity index (χ0v) is 11.8. The summed E-state index contributed by atoms with van der Waals surface area (Å²) in [5.74, 6) is 0. The second-order valence-electron chi connectivity index (χ2n) is 3.87. The van der Waals surface area contributed by atoms with Crippen LogP contribution in [0.2, 0.25) is 5.02 Å². The molecule has 0 fully saturated rings. The van der Waals surface area contributed by atoms with Gasteiger partial charge in [0.05, 0.1) is 6.04 Å². The monoisotopic (exact) mass is 309 g/mol. The van der Waals surface area contributed by atoms with Gasteiger partial charge in [0, 0.05) is 15.2 Å². The van der Waals surface area contributed by atoms with Crippen molar-refractivity contribution in [2.45, 2.75) is 13.0 Å². The van der Waals surface area contributed by atoms with E-state index in [1.54, 1.807) is 0 Å². The van der Waals surface area contributed by atoms with E-state index in [1.807, 2.05) is 48.5 Å². The third kappa shape index (κ3) is 3.02. The molecule has 0 saturated heterocycles. The maximum atomic E-state index is 6.17. The lowest BCUT2D eigenvalue weighted by Gasteiger charge is -2.17. The van der Waals surface area contributed by atoms with Crippen LogP contribution in [-0.4, -0.2) is 0 Å². The molecule has 1 N–H and O–H groups in total. The van der Waals surface area contributed by atoms with Crippen molar-refractivity contribution in [1.82, 2.24) is 0 Å². The van der Waals surface area contributed by atoms with Crippen LogP contribution in [0.1, 0.15) is 18.5 Å². The first-order chi connectivity index (χ1) is 8.18. The van der Waals surface area contributed by atoms with Gasteiger partial charge >= 0.3 is 0 Å². The van der Waals surface area contributed by atoms with Crippen LogP contribution < -0.4 is 5.32 Å². The number of rotatable bonds is 3. The van der Waals surface area contributed by atoms with Crippen molar-refractivity contribution in [3.8, 4) is 0 Å². The Kier molecular flexibility index (Phi) is 4.08. The Morgan fingerprint density at radius 2 is 1.71 bits per heavy atom. The summed E-state index contributed by atoms with van der Waals surface area (Å²) in [6, 6.07) is 16.1. The number of nitrogens with one attached hydrogen (secondary N) is 1. The highest BCUT2D eigenvalue weighted by atomic mass is 79.9. The van der Waals surface area contributed by atoms with Crippen LogP contribution in [0.5, 0.6) is 0 Å². The first-order valence-corrected chi connectivity index (χ1v) is 6.61. The Labute approximate surface area is 115 Å². The molecular formula is C14H13BrClN. The molecule has 0 aliphatic heterocycles. The van der Waals surface area contributed by atoms with E-state index < -0.39 is 0 Å². The van der Waals surface area contributed by atoms with Crippen LogP contribution in [0.25, 0.3) is 0 Å². The summed E-state index contributed by atoms with van der Waals surface area (Å²) >= 11 is 9.69. The molecule has 2 aromatic carbocycles. The molecule has 17 heavy (non-hydrogen) atoms. The van der Waals surface area contributed by atoms with Gasteiger partial charge in [-0.3, -0.25) is 0 Å². The van der Waals surface area contributed by atoms with Crippen molar-refractivity contribution >= 4 is 33.2 Å². The van der Waals surface area contributed by atoms with Crippen molar-refractivity contribution in [3.63, 3.8) is 0 Å². The summed E-state index contributed by atoms with van der Waals surface area (Å²) < 4.78 is 1.05. The molecule has 2 rings (SSSR count). The van der Waals surface area contributed by atoms with Gasteiger partial charge < -0.3 is 5.32 Å². The lowest BCUT2D eigenvalue weighted by molar-refractivity contribution is 0.884. The highest BCUT2D eigenvalue weighted by molar-refractivity contribution is 9.10. The van der Waals surface area contributed by atoms with Gasteiger partial charge in [-0.25, -0.2) is 0 Å². The zero-order valence-electron chi connectivity index (χ0n) is 9.45. The van der Waals surface area contributed by atoms with Crippen LogP contribution in [-0.2, 0) is 0 Å². The Morgan fingerprint density at radius 1 is 1.06 bits per heavy atom. The molecule has 0 spiro atoms. The molecule has 0 heterocycles. The summed E-state index contributed by atoms with van der Waals surface area (Å²) in [5.41, 5.74) is 2.17. The predicted molar refractivity (Wildman–Crippen MR) is 77.6 cm³/mol. The highest BCUT2D eigenvalue weighted by Crippen LogP contribution is 2.29. The molecule has 1 unspecified atom stereocenters. The van der Waals surface area contributed by atoms with Crippen LogP contribution in [0, 0.1) is 0 Å². The quantitative estimate of drug-likeness (QED) is 0.813. The molecule has 0 bridgehead atoms. The van der Waals surface area contributed by atoms with Gasteiger partial charge in [-0.2, -0.15) is 0 Å². The minimum atomic E-state index is 0.169. The van der Waals surface area contributed by atoms with Gasteiger partial charge in [0.25, 0.3) is 0 Å². The van der Waals surface area contributed by atoms with Crippen molar-refractivity contribution in [1.29, 1.82) is 0 Å². The number of para-hydroxylation sites is 1. The van der Waals surface area contributed by atoms with E-state index in [1.165, 1.54) is 0 Å². The summed E-state index contributed by atoms with van der Waals surface area (Å²) in [6.45, 7) is 2.10. The molecule has 0 radical (unpaired) electrons. The van der Waals surface area contributed by atoms with Crippen LogP contribution >= 0.6 is 27.5 Å². The molecule has 0 aromatic heterocycles. The molecule has 2 aromatic rings. The molecular weight excluding hydrogens is 298 g/mol. The minimum absolute atomic E-state index is 0.169. The Hall–Kier alpha value is -0.990. The van der Waals surface area contributed by atoms with Gasteiger partial charge in [0.15, 0.2) is 0 Å². The smallest absolute Gasteiger partial charge is 0.0500 e. The summed E-state index contributed by atoms with van der Waals surface area (Å²) in [6.07, 6.45) is 0.